The van der Waals surface area contributed by atoms with Gasteiger partial charge in [0.25, 0.3) is 5.91 Å². The first-order valence-corrected chi connectivity index (χ1v) is 11.5. The quantitative estimate of drug-likeness (QED) is 0.723. The molecule has 170 valence electrons. The minimum absolute atomic E-state index is 0.0979. The third-order valence-electron chi connectivity index (χ3n) is 6.34. The summed E-state index contributed by atoms with van der Waals surface area (Å²) in [6.45, 7) is 6.27. The molecular formula is C25H29ClN2O4. The first kappa shape index (κ1) is 22.6. The number of carbonyl (C=O) groups excluding carboxylic acids is 1. The molecule has 1 saturated heterocycles. The summed E-state index contributed by atoms with van der Waals surface area (Å²) in [6.07, 6.45) is 0.688. The van der Waals surface area contributed by atoms with Crippen molar-refractivity contribution in [2.75, 3.05) is 13.1 Å². The molecule has 4 rings (SSSR count). The van der Waals surface area contributed by atoms with E-state index in [9.17, 15) is 14.7 Å². The van der Waals surface area contributed by atoms with Gasteiger partial charge in [0.05, 0.1) is 0 Å². The lowest BCUT2D eigenvalue weighted by molar-refractivity contribution is -0.157. The number of rotatable bonds is 5. The zero-order valence-electron chi connectivity index (χ0n) is 18.4. The molecule has 0 bridgehead atoms. The summed E-state index contributed by atoms with van der Waals surface area (Å²) in [7, 11) is 0. The van der Waals surface area contributed by atoms with Crippen molar-refractivity contribution in [1.29, 1.82) is 0 Å². The Hall–Kier alpha value is -2.57. The van der Waals surface area contributed by atoms with E-state index in [0.717, 1.165) is 19.6 Å². The molecule has 6 nitrogen and oxygen atoms in total. The molecular weight excluding hydrogens is 428 g/mol. The van der Waals surface area contributed by atoms with Gasteiger partial charge in [0.2, 0.25) is 0 Å². The highest BCUT2D eigenvalue weighted by Crippen LogP contribution is 2.40. The lowest BCUT2D eigenvalue weighted by Gasteiger charge is -2.41. The van der Waals surface area contributed by atoms with E-state index in [1.165, 1.54) is 5.56 Å². The van der Waals surface area contributed by atoms with Crippen molar-refractivity contribution in [3.63, 3.8) is 0 Å². The number of aliphatic carboxylic acids is 1. The van der Waals surface area contributed by atoms with Crippen LogP contribution in [0.3, 0.4) is 0 Å². The molecule has 2 aromatic rings. The van der Waals surface area contributed by atoms with Crippen LogP contribution in [0.2, 0.25) is 5.02 Å². The van der Waals surface area contributed by atoms with Gasteiger partial charge in [-0.15, -0.1) is 0 Å². The number of halogens is 1. The summed E-state index contributed by atoms with van der Waals surface area (Å²) in [4.78, 5) is 30.0. The first-order valence-electron chi connectivity index (χ1n) is 11.1. The van der Waals surface area contributed by atoms with Gasteiger partial charge in [-0.3, -0.25) is 9.69 Å². The summed E-state index contributed by atoms with van der Waals surface area (Å²) >= 11 is 6.21. The summed E-state index contributed by atoms with van der Waals surface area (Å²) in [5.74, 6) is -1.01. The second kappa shape index (κ2) is 9.51. The second-order valence-electron chi connectivity index (χ2n) is 8.94. The predicted octanol–water partition coefficient (Wildman–Crippen LogP) is 4.38. The number of fused-ring (bicyclic) bond motifs is 1. The summed E-state index contributed by atoms with van der Waals surface area (Å²) in [5, 5.41) is 10.6. The average Bonchev–Trinajstić information content (AvgIpc) is 2.89. The molecule has 2 unspecified atom stereocenters. The number of amides is 1. The smallest absolute Gasteiger partial charge is 0.331 e. The second-order valence-corrected chi connectivity index (χ2v) is 9.38. The minimum Gasteiger partial charge on any atom is -0.480 e. The molecule has 0 radical (unpaired) electrons. The van der Waals surface area contributed by atoms with Crippen LogP contribution in [-0.4, -0.2) is 52.0 Å². The van der Waals surface area contributed by atoms with Crippen LogP contribution < -0.4 is 4.74 Å². The van der Waals surface area contributed by atoms with Crippen LogP contribution in [0.25, 0.3) is 0 Å². The van der Waals surface area contributed by atoms with Gasteiger partial charge >= 0.3 is 5.97 Å². The number of ether oxygens (including phenoxy) is 1. The number of carbonyl (C=O) groups is 2. The van der Waals surface area contributed by atoms with Gasteiger partial charge in [-0.2, -0.15) is 0 Å². The minimum atomic E-state index is -1.12. The normalized spacial score (nSPS) is 22.4. The van der Waals surface area contributed by atoms with Gasteiger partial charge in [0, 0.05) is 36.3 Å². The van der Waals surface area contributed by atoms with Crippen LogP contribution in [0.15, 0.2) is 48.5 Å². The Balaban J connectivity index is 1.61. The van der Waals surface area contributed by atoms with E-state index in [1.54, 1.807) is 23.1 Å². The van der Waals surface area contributed by atoms with Crippen molar-refractivity contribution in [3.05, 3.63) is 64.7 Å². The van der Waals surface area contributed by atoms with E-state index in [-0.39, 0.29) is 17.9 Å². The summed E-state index contributed by atoms with van der Waals surface area (Å²) < 4.78 is 6.06. The maximum atomic E-state index is 13.6. The number of carboxylic acids is 1. The number of benzene rings is 2. The molecule has 1 amide bonds. The molecule has 32 heavy (non-hydrogen) atoms. The molecule has 0 aromatic heterocycles. The number of nitrogens with zero attached hydrogens (tertiary/aromatic N) is 2. The number of carboxylic acid groups (broad SMARTS) is 1. The maximum absolute atomic E-state index is 13.6. The fraction of sp³-hybridized carbons (Fsp3) is 0.440. The Labute approximate surface area is 193 Å². The van der Waals surface area contributed by atoms with Crippen molar-refractivity contribution in [2.24, 2.45) is 5.92 Å². The van der Waals surface area contributed by atoms with E-state index in [1.807, 2.05) is 32.0 Å². The fourth-order valence-electron chi connectivity index (χ4n) is 4.71. The van der Waals surface area contributed by atoms with E-state index in [4.69, 9.17) is 16.3 Å². The topological polar surface area (TPSA) is 70.1 Å². The zero-order valence-corrected chi connectivity index (χ0v) is 19.2. The summed E-state index contributed by atoms with van der Waals surface area (Å²) in [6, 6.07) is 13.9. The van der Waals surface area contributed by atoms with E-state index in [2.05, 4.69) is 17.0 Å². The van der Waals surface area contributed by atoms with Crippen LogP contribution in [0.1, 0.15) is 43.9 Å². The van der Waals surface area contributed by atoms with Crippen molar-refractivity contribution < 1.29 is 19.4 Å². The molecule has 0 saturated carbocycles. The molecule has 0 aliphatic carbocycles. The van der Waals surface area contributed by atoms with Gasteiger partial charge in [-0.05, 0) is 42.5 Å². The first-order chi connectivity index (χ1) is 15.3. The predicted molar refractivity (Wildman–Crippen MR) is 123 cm³/mol. The Morgan fingerprint density at radius 2 is 1.84 bits per heavy atom. The maximum Gasteiger partial charge on any atom is 0.331 e. The fourth-order valence-corrected chi connectivity index (χ4v) is 4.89. The average molecular weight is 457 g/mol. The van der Waals surface area contributed by atoms with E-state index < -0.39 is 18.1 Å². The van der Waals surface area contributed by atoms with Crippen molar-refractivity contribution >= 4 is 23.5 Å². The Kier molecular flexibility index (Phi) is 6.72. The number of likely N-dealkylation sites (tertiary alicyclic amines) is 1. The third kappa shape index (κ3) is 4.62. The summed E-state index contributed by atoms with van der Waals surface area (Å²) in [5.41, 5.74) is 1.69. The highest BCUT2D eigenvalue weighted by atomic mass is 35.5. The standard InChI is InChI=1S/C25H29ClN2O4/c1-16(2)23-24(29)28(22(25(30)31)20-14-18(26)8-9-21(20)32-23)19-10-12-27(13-11-19)15-17-6-4-3-5-7-17/h3-9,14,16,19,22-23H,10-13,15H2,1-2H3,(H,30,31). The van der Waals surface area contributed by atoms with Gasteiger partial charge in [0.15, 0.2) is 12.1 Å². The molecule has 1 N–H and O–H groups in total. The number of hydrogen-bond acceptors (Lipinski definition) is 4. The lowest BCUT2D eigenvalue weighted by Crippen LogP contribution is -2.53. The SMILES string of the molecule is CC(C)C1Oc2ccc(Cl)cc2C(C(=O)O)N(C2CCN(Cc3ccccc3)CC2)C1=O. The van der Waals surface area contributed by atoms with Crippen molar-refractivity contribution in [2.45, 2.75) is 51.4 Å². The van der Waals surface area contributed by atoms with Crippen molar-refractivity contribution in [1.82, 2.24) is 9.80 Å². The largest absolute Gasteiger partial charge is 0.480 e. The Bertz CT molecular complexity index is 973. The van der Waals surface area contributed by atoms with Gasteiger partial charge in [0.1, 0.15) is 5.75 Å². The lowest BCUT2D eigenvalue weighted by atomic mass is 9.95. The monoisotopic (exact) mass is 456 g/mol. The molecule has 2 aliphatic heterocycles. The molecule has 2 aromatic carbocycles. The van der Waals surface area contributed by atoms with Crippen LogP contribution >= 0.6 is 11.6 Å². The van der Waals surface area contributed by atoms with Crippen LogP contribution in [-0.2, 0) is 16.1 Å². The van der Waals surface area contributed by atoms with Gasteiger partial charge in [-0.25, -0.2) is 4.79 Å². The molecule has 2 heterocycles. The van der Waals surface area contributed by atoms with Crippen LogP contribution in [0.5, 0.6) is 5.75 Å². The molecule has 7 heteroatoms. The number of piperidine rings is 1. The molecule has 0 spiro atoms. The van der Waals surface area contributed by atoms with E-state index in [0.29, 0.717) is 29.2 Å². The molecule has 2 atom stereocenters. The van der Waals surface area contributed by atoms with E-state index >= 15 is 0 Å². The van der Waals surface area contributed by atoms with Crippen LogP contribution in [0, 0.1) is 5.92 Å². The Morgan fingerprint density at radius 1 is 1.16 bits per heavy atom. The van der Waals surface area contributed by atoms with Gasteiger partial charge < -0.3 is 14.7 Å². The van der Waals surface area contributed by atoms with Gasteiger partial charge in [-0.1, -0.05) is 55.8 Å². The highest BCUT2D eigenvalue weighted by molar-refractivity contribution is 6.30. The third-order valence-corrected chi connectivity index (χ3v) is 6.57. The Morgan fingerprint density at radius 3 is 2.47 bits per heavy atom. The van der Waals surface area contributed by atoms with Crippen molar-refractivity contribution in [3.8, 4) is 5.75 Å². The number of hydrogen-bond donors (Lipinski definition) is 1. The van der Waals surface area contributed by atoms with Crippen LogP contribution in [0.4, 0.5) is 0 Å². The zero-order chi connectivity index (χ0) is 22.8. The molecule has 1 fully saturated rings. The highest BCUT2D eigenvalue weighted by Gasteiger charge is 2.45. The molecule has 2 aliphatic rings.